The predicted octanol–water partition coefficient (Wildman–Crippen LogP) is 1.48. The normalized spacial score (nSPS) is 15.8. The van der Waals surface area contributed by atoms with Gasteiger partial charge in [-0.1, -0.05) is 0 Å². The Kier molecular flexibility index (Phi) is 4.36. The third kappa shape index (κ3) is 4.20. The van der Waals surface area contributed by atoms with Crippen molar-refractivity contribution in [3.8, 4) is 0 Å². The van der Waals surface area contributed by atoms with Gasteiger partial charge in [-0.05, 0) is 25.7 Å². The summed E-state index contributed by atoms with van der Waals surface area (Å²) < 4.78 is 0. The first-order valence-corrected chi connectivity index (χ1v) is 7.16. The number of amides is 2. The molecule has 19 heavy (non-hydrogen) atoms. The maximum atomic E-state index is 11.6. The molecule has 3 N–H and O–H groups in total. The summed E-state index contributed by atoms with van der Waals surface area (Å²) >= 11 is 1.29. The molecule has 1 saturated carbocycles. The highest BCUT2D eigenvalue weighted by atomic mass is 32.1. The lowest BCUT2D eigenvalue weighted by molar-refractivity contribution is 0.0691. The van der Waals surface area contributed by atoms with Crippen LogP contribution in [0.25, 0.3) is 0 Å². The summed E-state index contributed by atoms with van der Waals surface area (Å²) in [6, 6.07) is 0.0490. The van der Waals surface area contributed by atoms with Crippen molar-refractivity contribution in [3.05, 3.63) is 16.1 Å². The molecule has 1 aromatic heterocycles. The fraction of sp³-hybridized carbons (Fsp3) is 0.583. The van der Waals surface area contributed by atoms with E-state index in [1.54, 1.807) is 0 Å². The van der Waals surface area contributed by atoms with Crippen molar-refractivity contribution >= 4 is 23.3 Å². The summed E-state index contributed by atoms with van der Waals surface area (Å²) in [5, 5.41) is 16.6. The van der Waals surface area contributed by atoms with E-state index in [1.165, 1.54) is 29.6 Å². The number of aromatic carboxylic acids is 1. The van der Waals surface area contributed by atoms with E-state index in [0.717, 1.165) is 0 Å². The Morgan fingerprint density at radius 2 is 2.32 bits per heavy atom. The van der Waals surface area contributed by atoms with Gasteiger partial charge in [0.15, 0.2) is 5.69 Å². The van der Waals surface area contributed by atoms with Crippen LogP contribution in [0.3, 0.4) is 0 Å². The van der Waals surface area contributed by atoms with E-state index in [0.29, 0.717) is 23.9 Å². The molecule has 104 valence electrons. The minimum absolute atomic E-state index is 0.0619. The second-order valence-electron chi connectivity index (χ2n) is 4.71. The van der Waals surface area contributed by atoms with Gasteiger partial charge in [-0.3, -0.25) is 0 Å². The minimum Gasteiger partial charge on any atom is -0.476 e. The molecule has 0 aromatic carbocycles. The van der Waals surface area contributed by atoms with Crippen LogP contribution in [0.4, 0.5) is 4.79 Å². The third-order valence-corrected chi connectivity index (χ3v) is 3.99. The number of urea groups is 1. The van der Waals surface area contributed by atoms with E-state index in [9.17, 15) is 9.59 Å². The van der Waals surface area contributed by atoms with Crippen molar-refractivity contribution in [1.82, 2.24) is 15.6 Å². The van der Waals surface area contributed by atoms with Gasteiger partial charge in [0.2, 0.25) is 0 Å². The molecule has 0 radical (unpaired) electrons. The molecule has 2 rings (SSSR count). The van der Waals surface area contributed by atoms with Gasteiger partial charge in [0, 0.05) is 24.4 Å². The Morgan fingerprint density at radius 3 is 2.89 bits per heavy atom. The number of nitrogens with one attached hydrogen (secondary N) is 2. The zero-order valence-corrected chi connectivity index (χ0v) is 11.5. The molecule has 7 heteroatoms. The van der Waals surface area contributed by atoms with Gasteiger partial charge in [0.1, 0.15) is 0 Å². The van der Waals surface area contributed by atoms with E-state index in [1.807, 2.05) is 6.92 Å². The molecule has 1 aliphatic rings. The number of hydrogen-bond acceptors (Lipinski definition) is 4. The number of thiazole rings is 1. The van der Waals surface area contributed by atoms with Crippen LogP contribution in [0, 0.1) is 5.92 Å². The fourth-order valence-corrected chi connectivity index (χ4v) is 2.55. The van der Waals surface area contributed by atoms with Crippen LogP contribution in [0.15, 0.2) is 5.38 Å². The van der Waals surface area contributed by atoms with E-state index < -0.39 is 5.97 Å². The molecule has 0 spiro atoms. The van der Waals surface area contributed by atoms with Gasteiger partial charge < -0.3 is 15.7 Å². The number of hydrogen-bond donors (Lipinski definition) is 3. The number of carbonyl (C=O) groups is 2. The van der Waals surface area contributed by atoms with Crippen LogP contribution in [-0.2, 0) is 6.42 Å². The van der Waals surface area contributed by atoms with Crippen LogP contribution in [0.2, 0.25) is 0 Å². The van der Waals surface area contributed by atoms with Crippen LogP contribution < -0.4 is 10.6 Å². The lowest BCUT2D eigenvalue weighted by Crippen LogP contribution is -2.42. The lowest BCUT2D eigenvalue weighted by atomic mass is 10.2. The highest BCUT2D eigenvalue weighted by Gasteiger charge is 2.28. The summed E-state index contributed by atoms with van der Waals surface area (Å²) in [5.41, 5.74) is 0.0619. The molecule has 0 saturated heterocycles. The lowest BCUT2D eigenvalue weighted by Gasteiger charge is -2.13. The maximum Gasteiger partial charge on any atom is 0.355 e. The Balaban J connectivity index is 1.67. The maximum absolute atomic E-state index is 11.6. The molecule has 0 aliphatic heterocycles. The van der Waals surface area contributed by atoms with Crippen molar-refractivity contribution < 1.29 is 14.7 Å². The van der Waals surface area contributed by atoms with E-state index in [-0.39, 0.29) is 17.8 Å². The number of rotatable bonds is 6. The van der Waals surface area contributed by atoms with Crippen molar-refractivity contribution in [2.45, 2.75) is 32.2 Å². The van der Waals surface area contributed by atoms with Crippen LogP contribution in [0.5, 0.6) is 0 Å². The average molecular weight is 283 g/mol. The first-order valence-electron chi connectivity index (χ1n) is 6.28. The third-order valence-electron chi connectivity index (χ3n) is 3.08. The molecule has 6 nitrogen and oxygen atoms in total. The molecule has 2 amide bonds. The molecule has 1 aliphatic carbocycles. The number of nitrogens with zero attached hydrogens (tertiary/aromatic N) is 1. The number of aromatic nitrogens is 1. The molecular weight excluding hydrogens is 266 g/mol. The van der Waals surface area contributed by atoms with Crippen molar-refractivity contribution in [3.63, 3.8) is 0 Å². The van der Waals surface area contributed by atoms with Gasteiger partial charge in [-0.25, -0.2) is 14.6 Å². The highest BCUT2D eigenvalue weighted by molar-refractivity contribution is 7.09. The highest BCUT2D eigenvalue weighted by Crippen LogP contribution is 2.32. The smallest absolute Gasteiger partial charge is 0.355 e. The summed E-state index contributed by atoms with van der Waals surface area (Å²) in [4.78, 5) is 26.2. The van der Waals surface area contributed by atoms with E-state index in [2.05, 4.69) is 15.6 Å². The summed E-state index contributed by atoms with van der Waals surface area (Å²) in [5.74, 6) is -0.394. The first kappa shape index (κ1) is 13.8. The summed E-state index contributed by atoms with van der Waals surface area (Å²) in [7, 11) is 0. The van der Waals surface area contributed by atoms with Crippen LogP contribution in [0.1, 0.15) is 35.3 Å². The summed E-state index contributed by atoms with van der Waals surface area (Å²) in [6.45, 7) is 2.47. The Bertz CT molecular complexity index is 471. The SMILES string of the molecule is CC(NC(=O)NCCc1nc(C(=O)O)cs1)C1CC1. The van der Waals surface area contributed by atoms with Gasteiger partial charge in [-0.2, -0.15) is 0 Å². The molecule has 1 unspecified atom stereocenters. The van der Waals surface area contributed by atoms with Crippen LogP contribution in [-0.4, -0.2) is 34.7 Å². The topological polar surface area (TPSA) is 91.3 Å². The molecular formula is C12H17N3O3S. The van der Waals surface area contributed by atoms with Gasteiger partial charge in [-0.15, -0.1) is 11.3 Å². The zero-order valence-electron chi connectivity index (χ0n) is 10.7. The van der Waals surface area contributed by atoms with Gasteiger partial charge in [0.05, 0.1) is 5.01 Å². The summed E-state index contributed by atoms with van der Waals surface area (Å²) in [6.07, 6.45) is 2.93. The monoisotopic (exact) mass is 283 g/mol. The van der Waals surface area contributed by atoms with Gasteiger partial charge in [0.25, 0.3) is 0 Å². The van der Waals surface area contributed by atoms with Crippen molar-refractivity contribution in [2.24, 2.45) is 5.92 Å². The fourth-order valence-electron chi connectivity index (χ4n) is 1.78. The molecule has 1 heterocycles. The Labute approximate surface area is 115 Å². The van der Waals surface area contributed by atoms with Crippen molar-refractivity contribution in [1.29, 1.82) is 0 Å². The van der Waals surface area contributed by atoms with Gasteiger partial charge >= 0.3 is 12.0 Å². The van der Waals surface area contributed by atoms with E-state index >= 15 is 0 Å². The number of carboxylic acid groups (broad SMARTS) is 1. The first-order chi connectivity index (χ1) is 9.06. The average Bonchev–Trinajstić information content (AvgIpc) is 3.09. The molecule has 0 bridgehead atoms. The largest absolute Gasteiger partial charge is 0.476 e. The van der Waals surface area contributed by atoms with Crippen LogP contribution >= 0.6 is 11.3 Å². The standard InChI is InChI=1S/C12H17N3O3S/c1-7(8-2-3-8)14-12(18)13-5-4-10-15-9(6-19-10)11(16)17/h6-8H,2-5H2,1H3,(H,16,17)(H2,13,14,18). The number of carbonyl (C=O) groups excluding carboxylic acids is 1. The zero-order chi connectivity index (χ0) is 13.8. The quantitative estimate of drug-likeness (QED) is 0.737. The minimum atomic E-state index is -1.02. The second-order valence-corrected chi connectivity index (χ2v) is 5.65. The van der Waals surface area contributed by atoms with Crippen molar-refractivity contribution in [2.75, 3.05) is 6.54 Å². The Hall–Kier alpha value is -1.63. The van der Waals surface area contributed by atoms with E-state index in [4.69, 9.17) is 5.11 Å². The molecule has 1 aromatic rings. The number of carboxylic acids is 1. The Morgan fingerprint density at radius 1 is 1.58 bits per heavy atom. The second kappa shape index (κ2) is 6.01. The predicted molar refractivity (Wildman–Crippen MR) is 71.5 cm³/mol. The molecule has 1 fully saturated rings. The molecule has 1 atom stereocenters.